The molecule has 5 heterocycles. The maximum absolute atomic E-state index is 6.31. The van der Waals surface area contributed by atoms with Crippen molar-refractivity contribution in [3.05, 3.63) is 65.7 Å². The van der Waals surface area contributed by atoms with E-state index in [9.17, 15) is 0 Å². The lowest BCUT2D eigenvalue weighted by Gasteiger charge is -2.24. The molecule has 0 fully saturated rings. The monoisotopic (exact) mass is 418 g/mol. The Morgan fingerprint density at radius 2 is 1.97 bits per heavy atom. The van der Waals surface area contributed by atoms with Crippen LogP contribution in [0.2, 0.25) is 5.15 Å². The van der Waals surface area contributed by atoms with Crippen LogP contribution in [0.15, 0.2) is 49.3 Å². The Labute approximate surface area is 178 Å². The molecule has 9 heteroatoms. The van der Waals surface area contributed by atoms with Crippen molar-refractivity contribution in [2.75, 3.05) is 11.4 Å². The molecule has 0 saturated carbocycles. The predicted octanol–water partition coefficient (Wildman–Crippen LogP) is 3.72. The molecular weight excluding hydrogens is 400 g/mol. The number of fused-ring (bicyclic) bond motifs is 1. The minimum absolute atomic E-state index is 0.521. The molecule has 0 aliphatic carbocycles. The van der Waals surface area contributed by atoms with Crippen molar-refractivity contribution in [1.82, 2.24) is 35.1 Å². The lowest BCUT2D eigenvalue weighted by Crippen LogP contribution is -2.25. The summed E-state index contributed by atoms with van der Waals surface area (Å²) >= 11 is 6.31. The van der Waals surface area contributed by atoms with Crippen molar-refractivity contribution in [1.29, 1.82) is 0 Å². The highest BCUT2D eigenvalue weighted by atomic mass is 35.5. The maximum atomic E-state index is 6.31. The number of nitrogens with zero attached hydrogens (tertiary/aromatic N) is 7. The number of aromatic nitrogens is 7. The molecule has 0 bridgehead atoms. The second-order valence-corrected chi connectivity index (χ2v) is 7.49. The fourth-order valence-electron chi connectivity index (χ4n) is 3.60. The van der Waals surface area contributed by atoms with Crippen LogP contribution in [0.5, 0.6) is 0 Å². The van der Waals surface area contributed by atoms with E-state index in [0.29, 0.717) is 17.4 Å². The van der Waals surface area contributed by atoms with Crippen LogP contribution in [-0.4, -0.2) is 41.7 Å². The number of rotatable bonds is 4. The third-order valence-corrected chi connectivity index (χ3v) is 5.48. The first-order valence-electron chi connectivity index (χ1n) is 9.80. The SMILES string of the molecule is Clc1ncccc1CN1CCCCc2ncc(-c3cc(-c4cn[nH]c4)ncn3)nc21. The molecule has 5 rings (SSSR count). The first-order valence-corrected chi connectivity index (χ1v) is 10.2. The second-order valence-electron chi connectivity index (χ2n) is 7.13. The van der Waals surface area contributed by atoms with Gasteiger partial charge in [0.05, 0.1) is 29.5 Å². The molecule has 1 aliphatic heterocycles. The van der Waals surface area contributed by atoms with E-state index in [4.69, 9.17) is 21.6 Å². The number of nitrogens with one attached hydrogen (secondary N) is 1. The van der Waals surface area contributed by atoms with Crippen LogP contribution in [0.25, 0.3) is 22.6 Å². The molecule has 0 spiro atoms. The molecule has 0 amide bonds. The molecule has 1 N–H and O–H groups in total. The molecular formula is C21H19ClN8. The van der Waals surface area contributed by atoms with E-state index in [-0.39, 0.29) is 0 Å². The van der Waals surface area contributed by atoms with Crippen LogP contribution >= 0.6 is 11.6 Å². The lowest BCUT2D eigenvalue weighted by atomic mass is 10.2. The molecule has 0 unspecified atom stereocenters. The molecule has 0 aromatic carbocycles. The summed E-state index contributed by atoms with van der Waals surface area (Å²) < 4.78 is 0. The van der Waals surface area contributed by atoms with Crippen LogP contribution < -0.4 is 4.90 Å². The summed E-state index contributed by atoms with van der Waals surface area (Å²) in [7, 11) is 0. The molecule has 0 atom stereocenters. The van der Waals surface area contributed by atoms with Crippen LogP contribution in [0.4, 0.5) is 5.82 Å². The second kappa shape index (κ2) is 8.16. The first kappa shape index (κ1) is 18.6. The number of anilines is 1. The van der Waals surface area contributed by atoms with Crippen LogP contribution in [-0.2, 0) is 13.0 Å². The Morgan fingerprint density at radius 1 is 1.03 bits per heavy atom. The Bertz CT molecular complexity index is 1160. The normalized spacial score (nSPS) is 13.7. The first-order chi connectivity index (χ1) is 14.8. The molecule has 0 saturated heterocycles. The highest BCUT2D eigenvalue weighted by molar-refractivity contribution is 6.30. The van der Waals surface area contributed by atoms with Crippen molar-refractivity contribution in [3.8, 4) is 22.6 Å². The van der Waals surface area contributed by atoms with Gasteiger partial charge in [0, 0.05) is 36.6 Å². The molecule has 1 aliphatic rings. The van der Waals surface area contributed by atoms with Crippen molar-refractivity contribution in [3.63, 3.8) is 0 Å². The molecule has 30 heavy (non-hydrogen) atoms. The topological polar surface area (TPSA) is 96.4 Å². The molecule has 8 nitrogen and oxygen atoms in total. The fraction of sp³-hybridized carbons (Fsp3) is 0.238. The van der Waals surface area contributed by atoms with Gasteiger partial charge < -0.3 is 4.90 Å². The highest BCUT2D eigenvalue weighted by Gasteiger charge is 2.21. The zero-order valence-corrected chi connectivity index (χ0v) is 16.9. The Balaban J connectivity index is 1.52. The number of pyridine rings is 1. The Kier molecular flexibility index (Phi) is 5.06. The Hall–Kier alpha value is -3.39. The minimum atomic E-state index is 0.521. The minimum Gasteiger partial charge on any atom is -0.351 e. The lowest BCUT2D eigenvalue weighted by molar-refractivity contribution is 0.709. The fourth-order valence-corrected chi connectivity index (χ4v) is 3.78. The number of hydrogen-bond acceptors (Lipinski definition) is 7. The summed E-state index contributed by atoms with van der Waals surface area (Å²) in [6.45, 7) is 1.53. The van der Waals surface area contributed by atoms with E-state index in [1.807, 2.05) is 18.2 Å². The summed E-state index contributed by atoms with van der Waals surface area (Å²) in [5.74, 6) is 0.883. The third kappa shape index (κ3) is 3.73. The number of hydrogen-bond donors (Lipinski definition) is 1. The number of H-pyrrole nitrogens is 1. The van der Waals surface area contributed by atoms with Gasteiger partial charge in [-0.25, -0.2) is 19.9 Å². The average molecular weight is 419 g/mol. The van der Waals surface area contributed by atoms with E-state index in [1.54, 1.807) is 24.8 Å². The molecule has 0 radical (unpaired) electrons. The van der Waals surface area contributed by atoms with Crippen molar-refractivity contribution >= 4 is 17.4 Å². The van der Waals surface area contributed by atoms with Crippen LogP contribution in [0.1, 0.15) is 24.1 Å². The van der Waals surface area contributed by atoms with Crippen LogP contribution in [0, 0.1) is 0 Å². The van der Waals surface area contributed by atoms with Gasteiger partial charge in [-0.05, 0) is 31.4 Å². The van der Waals surface area contributed by atoms with Crippen molar-refractivity contribution in [2.45, 2.75) is 25.8 Å². The van der Waals surface area contributed by atoms with E-state index in [0.717, 1.165) is 59.8 Å². The third-order valence-electron chi connectivity index (χ3n) is 5.14. The van der Waals surface area contributed by atoms with E-state index in [2.05, 4.69) is 30.0 Å². The van der Waals surface area contributed by atoms with Gasteiger partial charge >= 0.3 is 0 Å². The van der Waals surface area contributed by atoms with Crippen LogP contribution in [0.3, 0.4) is 0 Å². The summed E-state index contributed by atoms with van der Waals surface area (Å²) in [6, 6.07) is 5.80. The molecule has 4 aromatic heterocycles. The summed E-state index contributed by atoms with van der Waals surface area (Å²) in [4.78, 5) is 24.9. The maximum Gasteiger partial charge on any atom is 0.151 e. The van der Waals surface area contributed by atoms with Gasteiger partial charge in [-0.15, -0.1) is 0 Å². The predicted molar refractivity (Wildman–Crippen MR) is 114 cm³/mol. The van der Waals surface area contributed by atoms with Crippen molar-refractivity contribution in [2.24, 2.45) is 0 Å². The summed E-state index contributed by atoms with van der Waals surface area (Å²) in [5, 5.41) is 7.32. The van der Waals surface area contributed by atoms with Gasteiger partial charge in [0.15, 0.2) is 5.82 Å². The number of aromatic amines is 1. The summed E-state index contributed by atoms with van der Waals surface area (Å²) in [5.41, 5.74) is 5.09. The van der Waals surface area contributed by atoms with E-state index >= 15 is 0 Å². The zero-order chi connectivity index (χ0) is 20.3. The largest absolute Gasteiger partial charge is 0.351 e. The van der Waals surface area contributed by atoms with Crippen molar-refractivity contribution < 1.29 is 0 Å². The number of halogens is 1. The standard InChI is InChI=1S/C21H19ClN8/c22-20-14(4-3-6-23-20)12-30-7-2-1-5-16-21(30)29-19(11-24-16)18-8-17(25-13-26-18)15-9-27-28-10-15/h3-4,6,8-11,13H,1-2,5,7,12H2,(H,27,28). The van der Waals surface area contributed by atoms with Gasteiger partial charge in [-0.2, -0.15) is 5.10 Å². The van der Waals surface area contributed by atoms with E-state index < -0.39 is 0 Å². The highest BCUT2D eigenvalue weighted by Crippen LogP contribution is 2.29. The van der Waals surface area contributed by atoms with Gasteiger partial charge in [0.2, 0.25) is 0 Å². The zero-order valence-electron chi connectivity index (χ0n) is 16.2. The van der Waals surface area contributed by atoms with Gasteiger partial charge in [0.25, 0.3) is 0 Å². The Morgan fingerprint density at radius 3 is 2.83 bits per heavy atom. The van der Waals surface area contributed by atoms with Gasteiger partial charge in [-0.3, -0.25) is 10.1 Å². The average Bonchev–Trinajstić information content (AvgIpc) is 3.25. The smallest absolute Gasteiger partial charge is 0.151 e. The van der Waals surface area contributed by atoms with E-state index in [1.165, 1.54) is 6.33 Å². The van der Waals surface area contributed by atoms with Gasteiger partial charge in [-0.1, -0.05) is 17.7 Å². The van der Waals surface area contributed by atoms with Gasteiger partial charge in [0.1, 0.15) is 17.2 Å². The summed E-state index contributed by atoms with van der Waals surface area (Å²) in [6.07, 6.45) is 11.6. The molecule has 4 aromatic rings. The number of aryl methyl sites for hydroxylation is 1. The quantitative estimate of drug-likeness (QED) is 0.504. The molecule has 150 valence electrons.